The van der Waals surface area contributed by atoms with Gasteiger partial charge in [0.2, 0.25) is 0 Å². The SMILES string of the molecule is CCC[O][Sn](=[O])[C](F)(F)C(F)(F)C(C)F. The van der Waals surface area contributed by atoms with Crippen LogP contribution < -0.4 is 0 Å². The van der Waals surface area contributed by atoms with Crippen molar-refractivity contribution in [2.75, 3.05) is 6.61 Å². The molecular weight excluding hydrogens is 330 g/mol. The molecular formula is C7H11F5O2Sn. The van der Waals surface area contributed by atoms with Gasteiger partial charge in [-0.1, -0.05) is 0 Å². The molecule has 0 aliphatic carbocycles. The minimum atomic E-state index is -5.28. The van der Waals surface area contributed by atoms with E-state index in [1.165, 1.54) is 0 Å². The normalized spacial score (nSPS) is 15.1. The van der Waals surface area contributed by atoms with Crippen LogP contribution in [0.25, 0.3) is 0 Å². The van der Waals surface area contributed by atoms with Crippen LogP contribution in [-0.4, -0.2) is 42.8 Å². The first-order chi connectivity index (χ1) is 6.67. The van der Waals surface area contributed by atoms with Crippen LogP contribution in [0.2, 0.25) is 0 Å². The van der Waals surface area contributed by atoms with Crippen LogP contribution in [0.3, 0.4) is 0 Å². The molecule has 0 amide bonds. The van der Waals surface area contributed by atoms with Crippen LogP contribution in [0.4, 0.5) is 22.0 Å². The molecule has 0 aromatic rings. The van der Waals surface area contributed by atoms with E-state index < -0.39 is 36.2 Å². The predicted octanol–water partition coefficient (Wildman–Crippen LogP) is 2.50. The Bertz CT molecular complexity index is 231. The van der Waals surface area contributed by atoms with E-state index in [1.807, 2.05) is 0 Å². The van der Waals surface area contributed by atoms with Crippen LogP contribution in [0.5, 0.6) is 0 Å². The quantitative estimate of drug-likeness (QED) is 0.548. The summed E-state index contributed by atoms with van der Waals surface area (Å²) < 4.78 is 73.3. The summed E-state index contributed by atoms with van der Waals surface area (Å²) in [5.74, 6) is -4.93. The van der Waals surface area contributed by atoms with E-state index in [2.05, 4.69) is 3.07 Å². The Kier molecular flexibility index (Phi) is 5.59. The number of rotatable bonds is 6. The fraction of sp³-hybridized carbons (Fsp3) is 1.00. The van der Waals surface area contributed by atoms with Gasteiger partial charge >= 0.3 is 91.2 Å². The zero-order valence-electron chi connectivity index (χ0n) is 8.20. The maximum atomic E-state index is 12.8. The molecule has 0 aliphatic rings. The molecule has 0 aromatic heterocycles. The summed E-state index contributed by atoms with van der Waals surface area (Å²) >= 11 is -5.28. The van der Waals surface area contributed by atoms with Crippen molar-refractivity contribution in [3.8, 4) is 0 Å². The molecule has 0 saturated carbocycles. The fourth-order valence-corrected chi connectivity index (χ4v) is 3.64. The molecule has 0 radical (unpaired) electrons. The maximum absolute atomic E-state index is 12.8. The second-order valence-corrected chi connectivity index (χ2v) is 7.21. The van der Waals surface area contributed by atoms with Crippen molar-refractivity contribution in [3.63, 3.8) is 0 Å². The molecule has 0 heterocycles. The van der Waals surface area contributed by atoms with Crippen LogP contribution in [-0.2, 0) is 6.15 Å². The van der Waals surface area contributed by atoms with E-state index >= 15 is 0 Å². The summed E-state index contributed by atoms with van der Waals surface area (Å²) in [4.78, 5) is 0. The predicted molar refractivity (Wildman–Crippen MR) is 43.1 cm³/mol. The van der Waals surface area contributed by atoms with Crippen LogP contribution in [0.1, 0.15) is 20.3 Å². The minimum absolute atomic E-state index is 0.277. The molecule has 0 aliphatic heterocycles. The van der Waals surface area contributed by atoms with Gasteiger partial charge in [0.25, 0.3) is 0 Å². The van der Waals surface area contributed by atoms with Crippen molar-refractivity contribution >= 4 is 20.2 Å². The number of alkyl halides is 5. The number of halogens is 5. The zero-order chi connectivity index (χ0) is 12.3. The Morgan fingerprint density at radius 2 is 1.80 bits per heavy atom. The van der Waals surface area contributed by atoms with Gasteiger partial charge < -0.3 is 0 Å². The van der Waals surface area contributed by atoms with Crippen molar-refractivity contribution < 1.29 is 28.1 Å². The van der Waals surface area contributed by atoms with E-state index in [0.717, 1.165) is 0 Å². The average molecular weight is 341 g/mol. The third-order valence-corrected chi connectivity index (χ3v) is 5.36. The summed E-state index contributed by atoms with van der Waals surface area (Å²) in [5.41, 5.74) is 0. The van der Waals surface area contributed by atoms with Gasteiger partial charge in [-0.25, -0.2) is 0 Å². The van der Waals surface area contributed by atoms with Crippen LogP contribution in [0.15, 0.2) is 0 Å². The summed E-state index contributed by atoms with van der Waals surface area (Å²) in [5, 5.41) is 0. The Balaban J connectivity index is 4.72. The van der Waals surface area contributed by atoms with E-state index in [0.29, 0.717) is 6.92 Å². The molecule has 0 aromatic carbocycles. The van der Waals surface area contributed by atoms with Gasteiger partial charge in [-0.05, 0) is 0 Å². The third kappa shape index (κ3) is 3.33. The van der Waals surface area contributed by atoms with Crippen molar-refractivity contribution in [1.29, 1.82) is 0 Å². The van der Waals surface area contributed by atoms with Gasteiger partial charge in [-0.3, -0.25) is 0 Å². The standard InChI is InChI=1S/C4H4F5.C3H7O.O.Sn/c1-2(5)4(8,9)3(6)7;1-2-3-4;;/h2H,1H3;2-3H2,1H3;;/q;-1;;+1. The zero-order valence-corrected chi connectivity index (χ0v) is 11.1. The van der Waals surface area contributed by atoms with E-state index in [9.17, 15) is 25.0 Å². The topological polar surface area (TPSA) is 26.3 Å². The first-order valence-electron chi connectivity index (χ1n) is 4.24. The molecule has 1 atom stereocenters. The molecule has 15 heavy (non-hydrogen) atoms. The van der Waals surface area contributed by atoms with Gasteiger partial charge in [0.15, 0.2) is 0 Å². The van der Waals surface area contributed by atoms with E-state index in [-0.39, 0.29) is 13.0 Å². The monoisotopic (exact) mass is 342 g/mol. The van der Waals surface area contributed by atoms with Gasteiger partial charge in [0, 0.05) is 0 Å². The van der Waals surface area contributed by atoms with E-state index in [1.54, 1.807) is 6.92 Å². The molecule has 90 valence electrons. The first kappa shape index (κ1) is 15.2. The fourth-order valence-electron chi connectivity index (χ4n) is 0.671. The molecule has 0 saturated heterocycles. The first-order valence-corrected chi connectivity index (χ1v) is 8.00. The van der Waals surface area contributed by atoms with Crippen molar-refractivity contribution in [3.05, 3.63) is 0 Å². The average Bonchev–Trinajstić information content (AvgIpc) is 2.13. The van der Waals surface area contributed by atoms with Gasteiger partial charge in [-0.2, -0.15) is 0 Å². The Hall–Kier alpha value is 0.209. The number of hydrogen-bond acceptors (Lipinski definition) is 2. The Morgan fingerprint density at radius 1 is 1.33 bits per heavy atom. The second kappa shape index (κ2) is 5.51. The van der Waals surface area contributed by atoms with Crippen molar-refractivity contribution in [2.24, 2.45) is 0 Å². The van der Waals surface area contributed by atoms with Gasteiger partial charge in [0.1, 0.15) is 0 Å². The van der Waals surface area contributed by atoms with Crippen LogP contribution >= 0.6 is 0 Å². The Morgan fingerprint density at radius 3 is 2.13 bits per heavy atom. The summed E-state index contributed by atoms with van der Waals surface area (Å²) in [6.45, 7) is 1.55. The summed E-state index contributed by atoms with van der Waals surface area (Å²) in [6.07, 6.45) is -2.79. The Labute approximate surface area is 91.4 Å². The molecule has 0 bridgehead atoms. The van der Waals surface area contributed by atoms with Crippen molar-refractivity contribution in [2.45, 2.75) is 36.3 Å². The third-order valence-electron chi connectivity index (χ3n) is 1.61. The molecule has 0 spiro atoms. The molecule has 8 heteroatoms. The summed E-state index contributed by atoms with van der Waals surface area (Å²) in [7, 11) is 0. The molecule has 0 N–H and O–H groups in total. The number of hydrogen-bond donors (Lipinski definition) is 0. The van der Waals surface area contributed by atoms with Gasteiger partial charge in [-0.15, -0.1) is 0 Å². The molecule has 1 unspecified atom stereocenters. The molecule has 2 nitrogen and oxygen atoms in total. The van der Waals surface area contributed by atoms with Gasteiger partial charge in [0.05, 0.1) is 0 Å². The van der Waals surface area contributed by atoms with E-state index in [4.69, 9.17) is 0 Å². The van der Waals surface area contributed by atoms with Crippen molar-refractivity contribution in [1.82, 2.24) is 0 Å². The molecule has 0 rings (SSSR count). The second-order valence-electron chi connectivity index (χ2n) is 2.95. The molecule has 0 fully saturated rings. The summed E-state index contributed by atoms with van der Waals surface area (Å²) in [6, 6.07) is 0. The van der Waals surface area contributed by atoms with Crippen LogP contribution in [0, 0.1) is 0 Å².